The largest absolute Gasteiger partial charge is 0.481 e. The molecule has 5 nitrogen and oxygen atoms in total. The standard InChI is InChI=1S/C14H27NO4/c1-8-19-12(18)15(14(5,6)7)10(9-11(16)17)13(2,3)4/h10H,8-9H2,1-7H3,(H,16,17). The monoisotopic (exact) mass is 273 g/mol. The van der Waals surface area contributed by atoms with Crippen LogP contribution < -0.4 is 0 Å². The summed E-state index contributed by atoms with van der Waals surface area (Å²) < 4.78 is 5.08. The molecule has 0 aromatic rings. The number of nitrogens with zero attached hydrogens (tertiary/aromatic N) is 1. The Morgan fingerprint density at radius 3 is 1.89 bits per heavy atom. The van der Waals surface area contributed by atoms with Crippen LogP contribution in [-0.2, 0) is 9.53 Å². The summed E-state index contributed by atoms with van der Waals surface area (Å²) in [4.78, 5) is 24.8. The highest BCUT2D eigenvalue weighted by Crippen LogP contribution is 2.32. The van der Waals surface area contributed by atoms with Gasteiger partial charge >= 0.3 is 12.1 Å². The third-order valence-corrected chi connectivity index (χ3v) is 2.87. The van der Waals surface area contributed by atoms with Crippen molar-refractivity contribution in [1.29, 1.82) is 0 Å². The number of carboxylic acids is 1. The number of aliphatic carboxylic acids is 1. The van der Waals surface area contributed by atoms with Crippen molar-refractivity contribution >= 4 is 12.1 Å². The Labute approximate surface area is 115 Å². The maximum Gasteiger partial charge on any atom is 0.410 e. The van der Waals surface area contributed by atoms with Crippen LogP contribution in [0.25, 0.3) is 0 Å². The molecule has 0 aromatic carbocycles. The molecule has 5 heteroatoms. The third-order valence-electron chi connectivity index (χ3n) is 2.87. The molecule has 1 amide bonds. The van der Waals surface area contributed by atoms with E-state index < -0.39 is 23.6 Å². The number of carboxylic acid groups (broad SMARTS) is 1. The molecule has 0 spiro atoms. The van der Waals surface area contributed by atoms with Gasteiger partial charge in [-0.2, -0.15) is 0 Å². The molecular formula is C14H27NO4. The van der Waals surface area contributed by atoms with E-state index in [2.05, 4.69) is 0 Å². The number of hydrogen-bond donors (Lipinski definition) is 1. The number of hydrogen-bond acceptors (Lipinski definition) is 3. The van der Waals surface area contributed by atoms with Gasteiger partial charge in [0, 0.05) is 5.54 Å². The summed E-state index contributed by atoms with van der Waals surface area (Å²) in [5, 5.41) is 9.09. The first kappa shape index (κ1) is 17.7. The SMILES string of the molecule is CCOC(=O)N(C(CC(=O)O)C(C)(C)C)C(C)(C)C. The van der Waals surface area contributed by atoms with Gasteiger partial charge in [0.2, 0.25) is 0 Å². The molecule has 112 valence electrons. The minimum absolute atomic E-state index is 0.0976. The Kier molecular flexibility index (Phi) is 5.84. The second-order valence-electron chi connectivity index (χ2n) is 6.72. The van der Waals surface area contributed by atoms with Crippen molar-refractivity contribution in [3.8, 4) is 0 Å². The van der Waals surface area contributed by atoms with E-state index in [1.54, 1.807) is 11.8 Å². The molecule has 1 unspecified atom stereocenters. The van der Waals surface area contributed by atoms with Gasteiger partial charge in [-0.25, -0.2) is 4.79 Å². The fourth-order valence-corrected chi connectivity index (χ4v) is 2.01. The predicted octanol–water partition coefficient (Wildman–Crippen LogP) is 3.13. The molecular weight excluding hydrogens is 246 g/mol. The van der Waals surface area contributed by atoms with E-state index in [4.69, 9.17) is 9.84 Å². The maximum absolute atomic E-state index is 12.2. The summed E-state index contributed by atoms with van der Waals surface area (Å²) in [5.74, 6) is -0.918. The van der Waals surface area contributed by atoms with Gasteiger partial charge in [0.15, 0.2) is 0 Å². The third kappa shape index (κ3) is 5.49. The zero-order valence-electron chi connectivity index (χ0n) is 13.1. The van der Waals surface area contributed by atoms with Gasteiger partial charge in [0.25, 0.3) is 0 Å². The molecule has 0 bridgehead atoms. The smallest absolute Gasteiger partial charge is 0.410 e. The first-order chi connectivity index (χ1) is 8.41. The lowest BCUT2D eigenvalue weighted by molar-refractivity contribution is -0.140. The predicted molar refractivity (Wildman–Crippen MR) is 74.1 cm³/mol. The minimum Gasteiger partial charge on any atom is -0.481 e. The summed E-state index contributed by atoms with van der Waals surface area (Å²) in [7, 11) is 0. The Balaban J connectivity index is 5.50. The van der Waals surface area contributed by atoms with Gasteiger partial charge in [-0.05, 0) is 33.1 Å². The van der Waals surface area contributed by atoms with Gasteiger partial charge in [0.05, 0.1) is 19.1 Å². The average Bonchev–Trinajstić information content (AvgIpc) is 2.12. The van der Waals surface area contributed by atoms with E-state index in [-0.39, 0.29) is 18.4 Å². The van der Waals surface area contributed by atoms with Crippen LogP contribution in [0.1, 0.15) is 54.9 Å². The number of amides is 1. The maximum atomic E-state index is 12.2. The Bertz CT molecular complexity index is 325. The van der Waals surface area contributed by atoms with Crippen molar-refractivity contribution in [3.05, 3.63) is 0 Å². The van der Waals surface area contributed by atoms with Gasteiger partial charge in [-0.3, -0.25) is 9.69 Å². The molecule has 0 fully saturated rings. The summed E-state index contributed by atoms with van der Waals surface area (Å²) in [6.07, 6.45) is -0.560. The van der Waals surface area contributed by atoms with Crippen molar-refractivity contribution < 1.29 is 19.4 Å². The van der Waals surface area contributed by atoms with Gasteiger partial charge in [-0.1, -0.05) is 20.8 Å². The fraction of sp³-hybridized carbons (Fsp3) is 0.857. The Morgan fingerprint density at radius 2 is 1.63 bits per heavy atom. The molecule has 0 aliphatic rings. The quantitative estimate of drug-likeness (QED) is 0.854. The molecule has 0 saturated heterocycles. The van der Waals surface area contributed by atoms with E-state index in [1.807, 2.05) is 41.5 Å². The van der Waals surface area contributed by atoms with E-state index in [0.717, 1.165) is 0 Å². The highest BCUT2D eigenvalue weighted by molar-refractivity contribution is 5.72. The molecule has 19 heavy (non-hydrogen) atoms. The van der Waals surface area contributed by atoms with Crippen molar-refractivity contribution in [2.75, 3.05) is 6.61 Å². The summed E-state index contributed by atoms with van der Waals surface area (Å²) in [5.41, 5.74) is -0.849. The van der Waals surface area contributed by atoms with Gasteiger partial charge in [-0.15, -0.1) is 0 Å². The molecule has 1 N–H and O–H groups in total. The molecule has 0 aliphatic carbocycles. The zero-order chi connectivity index (χ0) is 15.4. The van der Waals surface area contributed by atoms with Crippen LogP contribution in [0.5, 0.6) is 0 Å². The molecule has 0 saturated carbocycles. The van der Waals surface area contributed by atoms with Crippen LogP contribution in [0.2, 0.25) is 0 Å². The van der Waals surface area contributed by atoms with Crippen molar-refractivity contribution in [2.45, 2.75) is 66.5 Å². The van der Waals surface area contributed by atoms with E-state index in [1.165, 1.54) is 0 Å². The van der Waals surface area contributed by atoms with Crippen LogP contribution in [0.3, 0.4) is 0 Å². The number of rotatable bonds is 4. The second-order valence-corrected chi connectivity index (χ2v) is 6.72. The highest BCUT2D eigenvalue weighted by Gasteiger charge is 2.41. The minimum atomic E-state index is -0.918. The van der Waals surface area contributed by atoms with E-state index >= 15 is 0 Å². The van der Waals surface area contributed by atoms with Crippen molar-refractivity contribution in [1.82, 2.24) is 4.90 Å². The molecule has 1 atom stereocenters. The lowest BCUT2D eigenvalue weighted by atomic mass is 9.81. The van der Waals surface area contributed by atoms with Crippen LogP contribution in [-0.4, -0.2) is 40.3 Å². The topological polar surface area (TPSA) is 66.8 Å². The average molecular weight is 273 g/mol. The fourth-order valence-electron chi connectivity index (χ4n) is 2.01. The molecule has 0 rings (SSSR count). The first-order valence-corrected chi connectivity index (χ1v) is 6.59. The van der Waals surface area contributed by atoms with Crippen LogP contribution in [0, 0.1) is 5.41 Å². The lowest BCUT2D eigenvalue weighted by Crippen LogP contribution is -2.56. The number of carbonyl (C=O) groups excluding carboxylic acids is 1. The Morgan fingerprint density at radius 1 is 1.16 bits per heavy atom. The second kappa shape index (κ2) is 6.26. The van der Waals surface area contributed by atoms with Gasteiger partial charge in [0.1, 0.15) is 0 Å². The van der Waals surface area contributed by atoms with Crippen LogP contribution in [0.15, 0.2) is 0 Å². The van der Waals surface area contributed by atoms with Gasteiger partial charge < -0.3 is 9.84 Å². The van der Waals surface area contributed by atoms with E-state index in [0.29, 0.717) is 0 Å². The Hall–Kier alpha value is -1.26. The van der Waals surface area contributed by atoms with Crippen LogP contribution in [0.4, 0.5) is 4.79 Å². The molecule has 0 heterocycles. The number of ether oxygens (including phenoxy) is 1. The van der Waals surface area contributed by atoms with Crippen LogP contribution >= 0.6 is 0 Å². The highest BCUT2D eigenvalue weighted by atomic mass is 16.6. The first-order valence-electron chi connectivity index (χ1n) is 6.59. The summed E-state index contributed by atoms with van der Waals surface area (Å²) in [6, 6.07) is -0.427. The zero-order valence-corrected chi connectivity index (χ0v) is 13.1. The van der Waals surface area contributed by atoms with Crippen molar-refractivity contribution in [2.24, 2.45) is 5.41 Å². The molecule has 0 aromatic heterocycles. The summed E-state index contributed by atoms with van der Waals surface area (Å²) >= 11 is 0. The summed E-state index contributed by atoms with van der Waals surface area (Å²) in [6.45, 7) is 13.4. The number of carbonyl (C=O) groups is 2. The molecule has 0 aliphatic heterocycles. The normalized spacial score (nSPS) is 13.8. The molecule has 0 radical (unpaired) electrons. The van der Waals surface area contributed by atoms with Crippen molar-refractivity contribution in [3.63, 3.8) is 0 Å². The van der Waals surface area contributed by atoms with E-state index in [9.17, 15) is 9.59 Å². The lowest BCUT2D eigenvalue weighted by Gasteiger charge is -2.45.